The standard InChI is InChI=1S/C22H32N2O2S.2C2H6/c1-22(9-5-19(14-22)23-18-7-11-26-12-8-18)21(25)24-10-6-16-3-4-20(27-2)13-17(16)15-24;2*1-2/h3-4,13,18-19,23H,5-12,14-15H2,1-2H3;2*1-2H3. The summed E-state index contributed by atoms with van der Waals surface area (Å²) in [5.74, 6) is 0.360. The van der Waals surface area contributed by atoms with E-state index in [4.69, 9.17) is 4.74 Å². The first kappa shape index (κ1) is 26.2. The highest BCUT2D eigenvalue weighted by atomic mass is 32.2. The van der Waals surface area contributed by atoms with Gasteiger partial charge in [-0.2, -0.15) is 0 Å². The van der Waals surface area contributed by atoms with Crippen LogP contribution < -0.4 is 5.32 Å². The molecule has 2 fully saturated rings. The van der Waals surface area contributed by atoms with Crippen molar-refractivity contribution in [2.24, 2.45) is 5.41 Å². The molecule has 176 valence electrons. The highest BCUT2D eigenvalue weighted by Gasteiger charge is 2.44. The van der Waals surface area contributed by atoms with E-state index in [-0.39, 0.29) is 5.41 Å². The second-order valence-corrected chi connectivity index (χ2v) is 9.54. The number of ether oxygens (including phenoxy) is 1. The molecule has 2 unspecified atom stereocenters. The van der Waals surface area contributed by atoms with Crippen molar-refractivity contribution in [2.45, 2.75) is 96.7 Å². The zero-order chi connectivity index (χ0) is 22.9. The van der Waals surface area contributed by atoms with Crippen LogP contribution in [0, 0.1) is 5.41 Å². The number of amides is 1. The minimum atomic E-state index is -0.211. The summed E-state index contributed by atoms with van der Waals surface area (Å²) in [6, 6.07) is 7.75. The Morgan fingerprint density at radius 3 is 2.48 bits per heavy atom. The first-order valence-corrected chi connectivity index (χ1v) is 13.6. The number of benzene rings is 1. The molecule has 0 aromatic heterocycles. The van der Waals surface area contributed by atoms with Crippen molar-refractivity contribution in [2.75, 3.05) is 26.0 Å². The summed E-state index contributed by atoms with van der Waals surface area (Å²) in [6.07, 6.45) is 8.37. The Hall–Kier alpha value is -1.04. The normalized spacial score (nSPS) is 25.6. The molecular weight excluding hydrogens is 404 g/mol. The van der Waals surface area contributed by atoms with E-state index in [1.54, 1.807) is 11.8 Å². The van der Waals surface area contributed by atoms with E-state index in [0.29, 0.717) is 18.0 Å². The molecule has 1 saturated carbocycles. The van der Waals surface area contributed by atoms with E-state index < -0.39 is 0 Å². The summed E-state index contributed by atoms with van der Waals surface area (Å²) in [5.41, 5.74) is 2.53. The van der Waals surface area contributed by atoms with Crippen LogP contribution in [0.1, 0.15) is 77.8 Å². The van der Waals surface area contributed by atoms with E-state index >= 15 is 0 Å². The van der Waals surface area contributed by atoms with Gasteiger partial charge in [0.25, 0.3) is 0 Å². The Morgan fingerprint density at radius 2 is 1.81 bits per heavy atom. The Kier molecular flexibility index (Phi) is 10.9. The molecule has 31 heavy (non-hydrogen) atoms. The summed E-state index contributed by atoms with van der Waals surface area (Å²) >= 11 is 1.77. The zero-order valence-corrected chi connectivity index (χ0v) is 21.4. The van der Waals surface area contributed by atoms with Crippen LogP contribution >= 0.6 is 11.8 Å². The number of hydrogen-bond donors (Lipinski definition) is 1. The molecule has 5 heteroatoms. The lowest BCUT2D eigenvalue weighted by atomic mass is 9.85. The predicted octanol–water partition coefficient (Wildman–Crippen LogP) is 5.67. The molecule has 2 aliphatic heterocycles. The number of rotatable bonds is 4. The molecule has 1 N–H and O–H groups in total. The zero-order valence-electron chi connectivity index (χ0n) is 20.6. The van der Waals surface area contributed by atoms with Gasteiger partial charge in [-0.1, -0.05) is 40.7 Å². The number of carbonyl (C=O) groups excluding carboxylic acids is 1. The SMILES string of the molecule is CC.CC.CSc1ccc2c(c1)CN(C(=O)C1(C)CCC(NC3CCOCC3)C1)CC2. The molecule has 2 atom stereocenters. The Morgan fingerprint density at radius 1 is 1.10 bits per heavy atom. The summed E-state index contributed by atoms with van der Waals surface area (Å²) < 4.78 is 5.47. The smallest absolute Gasteiger partial charge is 0.228 e. The summed E-state index contributed by atoms with van der Waals surface area (Å²) in [6.45, 7) is 13.6. The summed E-state index contributed by atoms with van der Waals surface area (Å²) in [4.78, 5) is 16.8. The van der Waals surface area contributed by atoms with E-state index in [9.17, 15) is 4.79 Å². The quantitative estimate of drug-likeness (QED) is 0.602. The maximum absolute atomic E-state index is 13.4. The Bertz CT molecular complexity index is 690. The topological polar surface area (TPSA) is 41.6 Å². The van der Waals surface area contributed by atoms with Crippen molar-refractivity contribution in [3.63, 3.8) is 0 Å². The largest absolute Gasteiger partial charge is 0.381 e. The minimum Gasteiger partial charge on any atom is -0.381 e. The van der Waals surface area contributed by atoms with Gasteiger partial charge < -0.3 is 15.0 Å². The minimum absolute atomic E-state index is 0.211. The van der Waals surface area contributed by atoms with Crippen molar-refractivity contribution in [1.82, 2.24) is 10.2 Å². The maximum Gasteiger partial charge on any atom is 0.228 e. The second kappa shape index (κ2) is 12.9. The van der Waals surface area contributed by atoms with Crippen LogP contribution in [0.25, 0.3) is 0 Å². The molecule has 0 bridgehead atoms. The number of hydrogen-bond acceptors (Lipinski definition) is 4. The summed E-state index contributed by atoms with van der Waals surface area (Å²) in [5, 5.41) is 3.81. The third-order valence-electron chi connectivity index (χ3n) is 6.66. The van der Waals surface area contributed by atoms with Gasteiger partial charge in [0.2, 0.25) is 5.91 Å². The van der Waals surface area contributed by atoms with Crippen molar-refractivity contribution in [3.8, 4) is 0 Å². The third-order valence-corrected chi connectivity index (χ3v) is 7.39. The van der Waals surface area contributed by atoms with Crippen LogP contribution in [0.2, 0.25) is 0 Å². The fourth-order valence-corrected chi connectivity index (χ4v) is 5.45. The van der Waals surface area contributed by atoms with Crippen LogP contribution in [-0.2, 0) is 22.5 Å². The highest BCUT2D eigenvalue weighted by Crippen LogP contribution is 2.41. The molecule has 1 aromatic carbocycles. The first-order chi connectivity index (χ1) is 15.1. The van der Waals surface area contributed by atoms with Crippen LogP contribution in [0.4, 0.5) is 0 Å². The molecule has 3 aliphatic rings. The molecule has 1 aromatic rings. The molecule has 0 radical (unpaired) electrons. The predicted molar refractivity (Wildman–Crippen MR) is 133 cm³/mol. The van der Waals surface area contributed by atoms with Gasteiger partial charge in [-0.3, -0.25) is 4.79 Å². The van der Waals surface area contributed by atoms with Crippen LogP contribution in [-0.4, -0.2) is 48.9 Å². The fraction of sp³-hybridized carbons (Fsp3) is 0.731. The average molecular weight is 449 g/mol. The van der Waals surface area contributed by atoms with Crippen LogP contribution in [0.15, 0.2) is 23.1 Å². The van der Waals surface area contributed by atoms with Crippen molar-refractivity contribution in [3.05, 3.63) is 29.3 Å². The molecule has 1 aliphatic carbocycles. The second-order valence-electron chi connectivity index (χ2n) is 8.67. The lowest BCUT2D eigenvalue weighted by Crippen LogP contribution is -2.45. The van der Waals surface area contributed by atoms with Crippen molar-refractivity contribution >= 4 is 17.7 Å². The number of nitrogens with one attached hydrogen (secondary N) is 1. The van der Waals surface area contributed by atoms with E-state index in [0.717, 1.165) is 64.8 Å². The fourth-order valence-electron chi connectivity index (χ4n) is 4.99. The molecule has 1 amide bonds. The highest BCUT2D eigenvalue weighted by molar-refractivity contribution is 7.98. The molecule has 2 heterocycles. The lowest BCUT2D eigenvalue weighted by Gasteiger charge is -2.35. The van der Waals surface area contributed by atoms with Gasteiger partial charge in [0.05, 0.1) is 0 Å². The molecule has 1 saturated heterocycles. The molecule has 0 spiro atoms. The Labute approximate surface area is 194 Å². The van der Waals surface area contributed by atoms with Gasteiger partial charge in [0.1, 0.15) is 0 Å². The maximum atomic E-state index is 13.4. The van der Waals surface area contributed by atoms with Gasteiger partial charge in [-0.15, -0.1) is 11.8 Å². The van der Waals surface area contributed by atoms with Gasteiger partial charge in [-0.05, 0) is 68.0 Å². The number of carbonyl (C=O) groups is 1. The average Bonchev–Trinajstić information content (AvgIpc) is 3.22. The van der Waals surface area contributed by atoms with E-state index in [1.165, 1.54) is 16.0 Å². The number of nitrogens with zero attached hydrogens (tertiary/aromatic N) is 1. The van der Waals surface area contributed by atoms with E-state index in [1.807, 2.05) is 27.7 Å². The van der Waals surface area contributed by atoms with E-state index in [2.05, 4.69) is 41.6 Å². The van der Waals surface area contributed by atoms with Crippen LogP contribution in [0.5, 0.6) is 0 Å². The summed E-state index contributed by atoms with van der Waals surface area (Å²) in [7, 11) is 0. The Balaban J connectivity index is 0.000000807. The monoisotopic (exact) mass is 448 g/mol. The van der Waals surface area contributed by atoms with Gasteiger partial charge in [0.15, 0.2) is 0 Å². The molecular formula is C26H44N2O2S. The first-order valence-electron chi connectivity index (χ1n) is 12.4. The van der Waals surface area contributed by atoms with Gasteiger partial charge >= 0.3 is 0 Å². The third kappa shape index (κ3) is 6.72. The van der Waals surface area contributed by atoms with Crippen molar-refractivity contribution < 1.29 is 9.53 Å². The number of fused-ring (bicyclic) bond motifs is 1. The van der Waals surface area contributed by atoms with Crippen LogP contribution in [0.3, 0.4) is 0 Å². The molecule has 4 rings (SSSR count). The molecule has 4 nitrogen and oxygen atoms in total. The van der Waals surface area contributed by atoms with Gasteiger partial charge in [0, 0.05) is 48.7 Å². The number of thioether (sulfide) groups is 1. The lowest BCUT2D eigenvalue weighted by molar-refractivity contribution is -0.142. The van der Waals surface area contributed by atoms with Gasteiger partial charge in [-0.25, -0.2) is 0 Å². The van der Waals surface area contributed by atoms with Crippen molar-refractivity contribution in [1.29, 1.82) is 0 Å².